The summed E-state index contributed by atoms with van der Waals surface area (Å²) in [7, 11) is 0. The Labute approximate surface area is 75.1 Å². The lowest BCUT2D eigenvalue weighted by Crippen LogP contribution is -1.93. The van der Waals surface area contributed by atoms with E-state index in [1.807, 2.05) is 12.5 Å². The van der Waals surface area contributed by atoms with Crippen LogP contribution in [0.1, 0.15) is 12.6 Å². The molecule has 1 heterocycles. The Hall–Kier alpha value is -0.570. The molecule has 0 bridgehead atoms. The molecule has 0 saturated heterocycles. The second-order valence-electron chi connectivity index (χ2n) is 2.16. The third-order valence-corrected chi connectivity index (χ3v) is 1.84. The van der Waals surface area contributed by atoms with Gasteiger partial charge in [-0.05, 0) is 13.0 Å². The number of hydrogen-bond donors (Lipinski definition) is 0. The molecule has 0 N–H and O–H groups in total. The number of nitrogens with zero attached hydrogens (tertiary/aromatic N) is 2. The summed E-state index contributed by atoms with van der Waals surface area (Å²) >= 11 is 3.33. The predicted octanol–water partition coefficient (Wildman–Crippen LogP) is 2.31. The molecule has 0 aliphatic heterocycles. The van der Waals surface area contributed by atoms with Crippen LogP contribution in [0.2, 0.25) is 0 Å². The third-order valence-electron chi connectivity index (χ3n) is 1.46. The summed E-state index contributed by atoms with van der Waals surface area (Å²) in [4.78, 5) is 4.04. The summed E-state index contributed by atoms with van der Waals surface area (Å²) in [6.07, 6.45) is 7.82. The van der Waals surface area contributed by atoms with Gasteiger partial charge < -0.3 is 4.57 Å². The minimum atomic E-state index is 0.891. The van der Waals surface area contributed by atoms with Crippen molar-refractivity contribution in [3.05, 3.63) is 24.3 Å². The van der Waals surface area contributed by atoms with Crippen LogP contribution in [0, 0.1) is 0 Å². The van der Waals surface area contributed by atoms with E-state index in [0.29, 0.717) is 0 Å². The van der Waals surface area contributed by atoms with Gasteiger partial charge in [-0.3, -0.25) is 0 Å². The second kappa shape index (κ2) is 4.34. The first kappa shape index (κ1) is 8.53. The average molecular weight is 215 g/mol. The van der Waals surface area contributed by atoms with Crippen molar-refractivity contribution in [1.82, 2.24) is 9.55 Å². The van der Waals surface area contributed by atoms with Gasteiger partial charge >= 0.3 is 0 Å². The fourth-order valence-electron chi connectivity index (χ4n) is 0.899. The maximum Gasteiger partial charge on any atom is 0.0950 e. The van der Waals surface area contributed by atoms with Gasteiger partial charge in [-0.2, -0.15) is 0 Å². The lowest BCUT2D eigenvalue weighted by atomic mass is 10.4. The van der Waals surface area contributed by atoms with Crippen molar-refractivity contribution < 1.29 is 0 Å². The Morgan fingerprint density at radius 2 is 2.55 bits per heavy atom. The molecule has 0 atom stereocenters. The van der Waals surface area contributed by atoms with E-state index in [4.69, 9.17) is 0 Å². The minimum absolute atomic E-state index is 0.891. The highest BCUT2D eigenvalue weighted by atomic mass is 79.9. The Morgan fingerprint density at radius 3 is 3.18 bits per heavy atom. The molecule has 0 aliphatic carbocycles. The predicted molar refractivity (Wildman–Crippen MR) is 50.7 cm³/mol. The molecule has 0 fully saturated rings. The van der Waals surface area contributed by atoms with E-state index in [-0.39, 0.29) is 0 Å². The quantitative estimate of drug-likeness (QED) is 0.707. The lowest BCUT2D eigenvalue weighted by molar-refractivity contribution is 0.754. The first-order valence-electron chi connectivity index (χ1n) is 3.61. The number of imidazole rings is 1. The minimum Gasteiger partial charge on any atom is -0.331 e. The molecule has 0 radical (unpaired) electrons. The highest BCUT2D eigenvalue weighted by Crippen LogP contribution is 2.01. The summed E-state index contributed by atoms with van der Waals surface area (Å²) in [5.74, 6) is 0. The third kappa shape index (κ3) is 2.19. The van der Waals surface area contributed by atoms with Crippen LogP contribution in [-0.4, -0.2) is 14.9 Å². The van der Waals surface area contributed by atoms with Crippen molar-refractivity contribution in [3.63, 3.8) is 0 Å². The number of allylic oxidation sites excluding steroid dienone is 1. The van der Waals surface area contributed by atoms with Crippen LogP contribution in [0.15, 0.2) is 18.6 Å². The molecule has 11 heavy (non-hydrogen) atoms. The van der Waals surface area contributed by atoms with Gasteiger partial charge in [-0.25, -0.2) is 4.98 Å². The monoisotopic (exact) mass is 214 g/mol. The largest absolute Gasteiger partial charge is 0.331 e. The van der Waals surface area contributed by atoms with Crippen LogP contribution in [-0.2, 0) is 6.54 Å². The molecule has 0 aromatic carbocycles. The van der Waals surface area contributed by atoms with Crippen LogP contribution in [0.5, 0.6) is 0 Å². The van der Waals surface area contributed by atoms with Gasteiger partial charge in [0, 0.05) is 11.9 Å². The summed E-state index contributed by atoms with van der Waals surface area (Å²) in [5, 5.41) is 0.891. The Morgan fingerprint density at radius 1 is 1.73 bits per heavy atom. The van der Waals surface area contributed by atoms with E-state index in [9.17, 15) is 0 Å². The molecule has 1 aromatic heterocycles. The van der Waals surface area contributed by atoms with Gasteiger partial charge in [0.15, 0.2) is 0 Å². The van der Waals surface area contributed by atoms with E-state index in [1.54, 1.807) is 0 Å². The molecule has 0 spiro atoms. The van der Waals surface area contributed by atoms with Crippen molar-refractivity contribution in [1.29, 1.82) is 0 Å². The van der Waals surface area contributed by atoms with Gasteiger partial charge in [-0.15, -0.1) is 0 Å². The lowest BCUT2D eigenvalue weighted by Gasteiger charge is -1.97. The number of hydrogen-bond acceptors (Lipinski definition) is 1. The number of alkyl halides is 1. The van der Waals surface area contributed by atoms with E-state index in [0.717, 1.165) is 17.6 Å². The van der Waals surface area contributed by atoms with Crippen LogP contribution in [0.3, 0.4) is 0 Å². The topological polar surface area (TPSA) is 17.8 Å². The van der Waals surface area contributed by atoms with E-state index < -0.39 is 0 Å². The molecule has 1 rings (SSSR count). The van der Waals surface area contributed by atoms with Crippen molar-refractivity contribution in [3.8, 4) is 0 Å². The van der Waals surface area contributed by atoms with E-state index in [2.05, 4.69) is 44.6 Å². The van der Waals surface area contributed by atoms with Gasteiger partial charge in [0.25, 0.3) is 0 Å². The highest BCUT2D eigenvalue weighted by Gasteiger charge is 1.92. The molecule has 0 saturated carbocycles. The number of aryl methyl sites for hydroxylation is 1. The fraction of sp³-hybridized carbons (Fsp3) is 0.375. The number of halogens is 1. The molecule has 2 nitrogen and oxygen atoms in total. The Kier molecular flexibility index (Phi) is 3.36. The summed E-state index contributed by atoms with van der Waals surface area (Å²) in [5.41, 5.74) is 1.16. The maximum atomic E-state index is 4.04. The zero-order chi connectivity index (χ0) is 8.10. The molecule has 60 valence electrons. The maximum absolute atomic E-state index is 4.04. The highest BCUT2D eigenvalue weighted by molar-refractivity contribution is 9.09. The molecule has 0 unspecified atom stereocenters. The molecule has 1 aromatic rings. The molecule has 0 aliphatic rings. The molecule has 0 amide bonds. The van der Waals surface area contributed by atoms with Gasteiger partial charge in [0.1, 0.15) is 0 Å². The SMILES string of the molecule is CCn1cncc1C=CCBr. The zero-order valence-electron chi connectivity index (χ0n) is 6.50. The number of aromatic nitrogens is 2. The fourth-order valence-corrected chi connectivity index (χ4v) is 1.09. The zero-order valence-corrected chi connectivity index (χ0v) is 8.08. The van der Waals surface area contributed by atoms with Gasteiger partial charge in [-0.1, -0.05) is 22.0 Å². The summed E-state index contributed by atoms with van der Waals surface area (Å²) in [6, 6.07) is 0. The first-order chi connectivity index (χ1) is 5.38. The number of rotatable bonds is 3. The van der Waals surface area contributed by atoms with Gasteiger partial charge in [0.2, 0.25) is 0 Å². The first-order valence-corrected chi connectivity index (χ1v) is 4.73. The normalized spacial score (nSPS) is 11.1. The van der Waals surface area contributed by atoms with Crippen LogP contribution in [0.25, 0.3) is 6.08 Å². The Bertz CT molecular complexity index is 240. The van der Waals surface area contributed by atoms with Crippen LogP contribution < -0.4 is 0 Å². The van der Waals surface area contributed by atoms with E-state index >= 15 is 0 Å². The standard InChI is InChI=1S/C8H11BrN2/c1-2-11-7-10-6-8(11)4-3-5-9/h3-4,6-7H,2,5H2,1H3. The van der Waals surface area contributed by atoms with Crippen LogP contribution in [0.4, 0.5) is 0 Å². The molecular weight excluding hydrogens is 204 g/mol. The second-order valence-corrected chi connectivity index (χ2v) is 2.81. The summed E-state index contributed by atoms with van der Waals surface area (Å²) in [6.45, 7) is 3.08. The van der Waals surface area contributed by atoms with Crippen molar-refractivity contribution in [2.75, 3.05) is 5.33 Å². The van der Waals surface area contributed by atoms with Crippen molar-refractivity contribution in [2.45, 2.75) is 13.5 Å². The van der Waals surface area contributed by atoms with Crippen molar-refractivity contribution >= 4 is 22.0 Å². The molecule has 3 heteroatoms. The smallest absolute Gasteiger partial charge is 0.0950 e. The molecular formula is C8H11BrN2. The summed E-state index contributed by atoms with van der Waals surface area (Å²) < 4.78 is 2.10. The van der Waals surface area contributed by atoms with Crippen LogP contribution >= 0.6 is 15.9 Å². The van der Waals surface area contributed by atoms with Gasteiger partial charge in [0.05, 0.1) is 18.2 Å². The van der Waals surface area contributed by atoms with E-state index in [1.165, 1.54) is 0 Å². The average Bonchev–Trinajstić information content (AvgIpc) is 2.47. The Balaban J connectivity index is 2.76. The van der Waals surface area contributed by atoms with Crippen molar-refractivity contribution in [2.24, 2.45) is 0 Å².